The lowest BCUT2D eigenvalue weighted by Crippen LogP contribution is -2.33. The normalized spacial score (nSPS) is 13.5. The predicted octanol–water partition coefficient (Wildman–Crippen LogP) is 0.222. The molecule has 6 nitrogen and oxygen atoms in total. The highest BCUT2D eigenvalue weighted by atomic mass is 16.5. The number of nitrogens with one attached hydrogen (secondary N) is 3. The molecule has 1 aliphatic rings. The monoisotopic (exact) mass is 305 g/mol. The van der Waals surface area contributed by atoms with E-state index in [9.17, 15) is 9.59 Å². The van der Waals surface area contributed by atoms with Gasteiger partial charge in [-0.05, 0) is 44.0 Å². The summed E-state index contributed by atoms with van der Waals surface area (Å²) in [6, 6.07) is 7.93. The van der Waals surface area contributed by atoms with E-state index in [0.29, 0.717) is 24.9 Å². The second-order valence-electron chi connectivity index (χ2n) is 5.40. The summed E-state index contributed by atoms with van der Waals surface area (Å²) < 4.78 is 5.44. The number of carbonyl (C=O) groups excluding carboxylic acids is 2. The molecule has 3 N–H and O–H groups in total. The van der Waals surface area contributed by atoms with Crippen molar-refractivity contribution in [2.75, 3.05) is 26.7 Å². The summed E-state index contributed by atoms with van der Waals surface area (Å²) in [4.78, 5) is 22.8. The van der Waals surface area contributed by atoms with Gasteiger partial charge in [0.2, 0.25) is 5.91 Å². The third kappa shape index (κ3) is 6.13. The first-order chi connectivity index (χ1) is 10.7. The van der Waals surface area contributed by atoms with E-state index in [1.54, 1.807) is 7.05 Å². The number of hydrogen-bond donors (Lipinski definition) is 3. The van der Waals surface area contributed by atoms with Crippen molar-refractivity contribution in [1.82, 2.24) is 16.0 Å². The van der Waals surface area contributed by atoms with Gasteiger partial charge in [-0.25, -0.2) is 0 Å². The van der Waals surface area contributed by atoms with E-state index in [1.807, 2.05) is 24.3 Å². The van der Waals surface area contributed by atoms with Crippen LogP contribution in [0.2, 0.25) is 0 Å². The van der Waals surface area contributed by atoms with Gasteiger partial charge in [-0.2, -0.15) is 0 Å². The maximum atomic E-state index is 11.5. The molecule has 0 aromatic heterocycles. The Balaban J connectivity index is 1.66. The minimum atomic E-state index is -0.0705. The number of hydrogen-bond acceptors (Lipinski definition) is 4. The highest BCUT2D eigenvalue weighted by Crippen LogP contribution is 2.18. The van der Waals surface area contributed by atoms with Crippen molar-refractivity contribution in [3.05, 3.63) is 29.8 Å². The molecule has 1 saturated carbocycles. The zero-order chi connectivity index (χ0) is 15.8. The van der Waals surface area contributed by atoms with Crippen molar-refractivity contribution in [3.63, 3.8) is 0 Å². The third-order valence-corrected chi connectivity index (χ3v) is 3.31. The molecule has 0 saturated heterocycles. The molecule has 0 aliphatic heterocycles. The van der Waals surface area contributed by atoms with Crippen molar-refractivity contribution >= 4 is 11.8 Å². The number of rotatable bonds is 9. The van der Waals surface area contributed by atoms with Crippen LogP contribution in [-0.2, 0) is 16.0 Å². The fourth-order valence-corrected chi connectivity index (χ4v) is 1.97. The van der Waals surface area contributed by atoms with E-state index in [4.69, 9.17) is 4.74 Å². The van der Waals surface area contributed by atoms with Crippen molar-refractivity contribution < 1.29 is 14.3 Å². The van der Waals surface area contributed by atoms with Crippen LogP contribution in [0.1, 0.15) is 18.4 Å². The summed E-state index contributed by atoms with van der Waals surface area (Å²) in [5.74, 6) is 0.594. The molecule has 1 aliphatic carbocycles. The first-order valence-corrected chi connectivity index (χ1v) is 7.60. The lowest BCUT2D eigenvalue weighted by Gasteiger charge is -2.08. The lowest BCUT2D eigenvalue weighted by molar-refractivity contribution is -0.123. The van der Waals surface area contributed by atoms with Crippen molar-refractivity contribution in [2.45, 2.75) is 25.3 Å². The summed E-state index contributed by atoms with van der Waals surface area (Å²) in [5.41, 5.74) is 1.11. The Morgan fingerprint density at radius 3 is 2.55 bits per heavy atom. The number of likely N-dealkylation sites (N-methyl/N-ethyl adjacent to an activating group) is 1. The Morgan fingerprint density at radius 2 is 1.91 bits per heavy atom. The van der Waals surface area contributed by atoms with E-state index < -0.39 is 0 Å². The van der Waals surface area contributed by atoms with Gasteiger partial charge in [0.25, 0.3) is 5.91 Å². The Morgan fingerprint density at radius 1 is 1.18 bits per heavy atom. The summed E-state index contributed by atoms with van der Waals surface area (Å²) >= 11 is 0. The van der Waals surface area contributed by atoms with Gasteiger partial charge in [-0.15, -0.1) is 0 Å². The minimum Gasteiger partial charge on any atom is -0.484 e. The molecule has 0 unspecified atom stereocenters. The number of amides is 2. The van der Waals surface area contributed by atoms with E-state index in [1.165, 1.54) is 0 Å². The zero-order valence-corrected chi connectivity index (χ0v) is 12.9. The molecule has 1 aromatic carbocycles. The fraction of sp³-hybridized carbons (Fsp3) is 0.500. The quantitative estimate of drug-likeness (QED) is 0.610. The van der Waals surface area contributed by atoms with Crippen LogP contribution in [0.25, 0.3) is 0 Å². The highest BCUT2D eigenvalue weighted by Gasteiger charge is 2.23. The van der Waals surface area contributed by atoms with Gasteiger partial charge in [0.05, 0.1) is 6.54 Å². The summed E-state index contributed by atoms with van der Waals surface area (Å²) in [6.45, 7) is 0.982. The Hall–Kier alpha value is -2.08. The van der Waals surface area contributed by atoms with Crippen LogP contribution in [0.3, 0.4) is 0 Å². The zero-order valence-electron chi connectivity index (χ0n) is 12.9. The molecule has 2 amide bonds. The highest BCUT2D eigenvalue weighted by molar-refractivity contribution is 5.78. The maximum absolute atomic E-state index is 11.5. The smallest absolute Gasteiger partial charge is 0.258 e. The molecular weight excluding hydrogens is 282 g/mol. The Labute approximate surface area is 130 Å². The third-order valence-electron chi connectivity index (χ3n) is 3.31. The van der Waals surface area contributed by atoms with Crippen LogP contribution < -0.4 is 20.7 Å². The standard InChI is InChI=1S/C16H23N3O3/c1-17-10-15(20)18-9-8-12-2-6-14(7-3-12)22-11-16(21)19-13-4-5-13/h2-3,6-7,13,17H,4-5,8-11H2,1H3,(H,18,20)(H,19,21). The van der Waals surface area contributed by atoms with E-state index in [0.717, 1.165) is 24.8 Å². The predicted molar refractivity (Wildman–Crippen MR) is 83.7 cm³/mol. The number of benzene rings is 1. The van der Waals surface area contributed by atoms with Crippen LogP contribution in [0.5, 0.6) is 5.75 Å². The molecule has 0 heterocycles. The van der Waals surface area contributed by atoms with Gasteiger partial charge in [0.1, 0.15) is 5.75 Å². The van der Waals surface area contributed by atoms with Crippen LogP contribution in [0, 0.1) is 0 Å². The van der Waals surface area contributed by atoms with Crippen molar-refractivity contribution in [2.24, 2.45) is 0 Å². The average molecular weight is 305 g/mol. The average Bonchev–Trinajstić information content (AvgIpc) is 3.31. The Kier molecular flexibility index (Phi) is 6.21. The topological polar surface area (TPSA) is 79.5 Å². The second-order valence-corrected chi connectivity index (χ2v) is 5.40. The first-order valence-electron chi connectivity index (χ1n) is 7.60. The summed E-state index contributed by atoms with van der Waals surface area (Å²) in [6.07, 6.45) is 2.91. The second kappa shape index (κ2) is 8.38. The molecule has 0 spiro atoms. The fourth-order valence-electron chi connectivity index (χ4n) is 1.97. The van der Waals surface area contributed by atoms with Gasteiger partial charge >= 0.3 is 0 Å². The molecule has 120 valence electrons. The molecule has 6 heteroatoms. The Bertz CT molecular complexity index is 498. The van der Waals surface area contributed by atoms with Crippen LogP contribution in [0.4, 0.5) is 0 Å². The van der Waals surface area contributed by atoms with E-state index >= 15 is 0 Å². The van der Waals surface area contributed by atoms with Crippen LogP contribution in [0.15, 0.2) is 24.3 Å². The number of carbonyl (C=O) groups is 2. The largest absolute Gasteiger partial charge is 0.484 e. The summed E-state index contributed by atoms with van der Waals surface area (Å²) in [5, 5.41) is 8.50. The minimum absolute atomic E-state index is 0.0101. The maximum Gasteiger partial charge on any atom is 0.258 e. The van der Waals surface area contributed by atoms with Gasteiger partial charge in [-0.1, -0.05) is 12.1 Å². The van der Waals surface area contributed by atoms with Gasteiger partial charge < -0.3 is 20.7 Å². The summed E-state index contributed by atoms with van der Waals surface area (Å²) in [7, 11) is 1.74. The van der Waals surface area contributed by atoms with Gasteiger partial charge in [0, 0.05) is 12.6 Å². The SMILES string of the molecule is CNCC(=O)NCCc1ccc(OCC(=O)NC2CC2)cc1. The molecule has 0 bridgehead atoms. The number of ether oxygens (including phenoxy) is 1. The van der Waals surface area contributed by atoms with Crippen LogP contribution >= 0.6 is 0 Å². The molecule has 0 radical (unpaired) electrons. The molecular formula is C16H23N3O3. The molecule has 1 fully saturated rings. The molecule has 0 atom stereocenters. The molecule has 1 aromatic rings. The van der Waals surface area contributed by atoms with E-state index in [-0.39, 0.29) is 18.4 Å². The van der Waals surface area contributed by atoms with E-state index in [2.05, 4.69) is 16.0 Å². The molecule has 22 heavy (non-hydrogen) atoms. The van der Waals surface area contributed by atoms with Crippen LogP contribution in [-0.4, -0.2) is 44.6 Å². The van der Waals surface area contributed by atoms with Crippen molar-refractivity contribution in [3.8, 4) is 5.75 Å². The first kappa shape index (κ1) is 16.3. The molecule has 2 rings (SSSR count). The lowest BCUT2D eigenvalue weighted by atomic mass is 10.1. The van der Waals surface area contributed by atoms with Crippen molar-refractivity contribution in [1.29, 1.82) is 0 Å². The van der Waals surface area contributed by atoms with Gasteiger partial charge in [-0.3, -0.25) is 9.59 Å². The van der Waals surface area contributed by atoms with Gasteiger partial charge in [0.15, 0.2) is 6.61 Å².